The van der Waals surface area contributed by atoms with Gasteiger partial charge in [0.05, 0.1) is 6.20 Å². The van der Waals surface area contributed by atoms with Gasteiger partial charge in [-0.05, 0) is 6.07 Å². The van der Waals surface area contributed by atoms with Gasteiger partial charge in [0.15, 0.2) is 5.03 Å². The molecule has 0 aliphatic rings. The average Bonchev–Trinajstić information content (AvgIpc) is 2.54. The van der Waals surface area contributed by atoms with Crippen molar-refractivity contribution in [3.8, 4) is 0 Å². The number of aromatic amines is 1. The highest BCUT2D eigenvalue weighted by Crippen LogP contribution is 2.01. The molecule has 0 aliphatic heterocycles. The number of nitrogens with one attached hydrogen (secondary N) is 2. The van der Waals surface area contributed by atoms with Gasteiger partial charge in [-0.1, -0.05) is 0 Å². The van der Waals surface area contributed by atoms with E-state index in [1.807, 2.05) is 0 Å². The Morgan fingerprint density at radius 1 is 1.64 bits per heavy atom. The minimum Gasteiger partial charge on any atom is -0.266 e. The first-order valence-corrected chi connectivity index (χ1v) is 7.02. The van der Waals surface area contributed by atoms with Crippen molar-refractivity contribution in [3.05, 3.63) is 12.3 Å². The minimum absolute atomic E-state index is 0.0133. The van der Waals surface area contributed by atoms with Crippen molar-refractivity contribution >= 4 is 20.8 Å². The molecule has 0 aromatic carbocycles. The molecule has 0 saturated carbocycles. The van der Waals surface area contributed by atoms with Crippen LogP contribution < -0.4 is 4.72 Å². The molecule has 8 heteroatoms. The molecule has 1 aromatic rings. The first-order chi connectivity index (χ1) is 6.52. The van der Waals surface area contributed by atoms with E-state index in [1.54, 1.807) is 0 Å². The third-order valence-corrected chi connectivity index (χ3v) is 3.62. The molecule has 0 saturated heterocycles. The van der Waals surface area contributed by atoms with Gasteiger partial charge in [-0.25, -0.2) is 13.1 Å². The Hall–Kier alpha value is -0.730. The third kappa shape index (κ3) is 3.20. The second kappa shape index (κ2) is 4.67. The second-order valence-corrected chi connectivity index (χ2v) is 5.89. The van der Waals surface area contributed by atoms with Crippen LogP contribution in [0.15, 0.2) is 17.3 Å². The van der Waals surface area contributed by atoms with Crippen molar-refractivity contribution in [3.63, 3.8) is 0 Å². The lowest BCUT2D eigenvalue weighted by molar-refractivity contribution is 0.579. The van der Waals surface area contributed by atoms with Crippen LogP contribution in [0.4, 0.5) is 0 Å². The molecule has 0 spiro atoms. The Kier molecular flexibility index (Phi) is 3.78. The van der Waals surface area contributed by atoms with Crippen molar-refractivity contribution < 1.29 is 12.6 Å². The first kappa shape index (κ1) is 11.3. The van der Waals surface area contributed by atoms with Gasteiger partial charge < -0.3 is 0 Å². The highest BCUT2D eigenvalue weighted by Gasteiger charge is 2.14. The van der Waals surface area contributed by atoms with E-state index in [1.165, 1.54) is 18.5 Å². The van der Waals surface area contributed by atoms with Gasteiger partial charge in [0, 0.05) is 29.4 Å². The SMILES string of the molecule is CS(=O)CCNS(=O)(=O)c1ccn[nH]1. The van der Waals surface area contributed by atoms with Gasteiger partial charge in [0.25, 0.3) is 10.0 Å². The van der Waals surface area contributed by atoms with Crippen molar-refractivity contribution in [2.75, 3.05) is 18.6 Å². The van der Waals surface area contributed by atoms with Crippen LogP contribution in [0.5, 0.6) is 0 Å². The summed E-state index contributed by atoms with van der Waals surface area (Å²) in [6.07, 6.45) is 2.87. The Labute approximate surface area is 84.6 Å². The van der Waals surface area contributed by atoms with Crippen molar-refractivity contribution in [1.82, 2.24) is 14.9 Å². The van der Waals surface area contributed by atoms with E-state index in [0.29, 0.717) is 5.75 Å². The summed E-state index contributed by atoms with van der Waals surface area (Å²) in [5, 5.41) is 5.88. The zero-order chi connectivity index (χ0) is 10.6. The fourth-order valence-electron chi connectivity index (χ4n) is 0.790. The molecule has 1 heterocycles. The standard InChI is InChI=1S/C6H11N3O3S2/c1-13(10)5-4-8-14(11,12)6-2-3-7-9-6/h2-3,8H,4-5H2,1H3,(H,7,9). The van der Waals surface area contributed by atoms with Crippen LogP contribution >= 0.6 is 0 Å². The van der Waals surface area contributed by atoms with Crippen LogP contribution in [0.25, 0.3) is 0 Å². The van der Waals surface area contributed by atoms with E-state index in [0.717, 1.165) is 0 Å². The molecule has 0 bridgehead atoms. The summed E-state index contributed by atoms with van der Waals surface area (Å²) in [7, 11) is -4.51. The van der Waals surface area contributed by atoms with Gasteiger partial charge >= 0.3 is 0 Å². The summed E-state index contributed by atoms with van der Waals surface area (Å²) in [5.74, 6) is 0.299. The van der Waals surface area contributed by atoms with Crippen LogP contribution in [-0.4, -0.2) is 41.4 Å². The second-order valence-electron chi connectivity index (χ2n) is 2.60. The molecule has 1 atom stereocenters. The summed E-state index contributed by atoms with van der Waals surface area (Å²) in [5.41, 5.74) is 0. The summed E-state index contributed by atoms with van der Waals surface area (Å²) in [6, 6.07) is 1.35. The lowest BCUT2D eigenvalue weighted by atomic mass is 10.8. The lowest BCUT2D eigenvalue weighted by Gasteiger charge is -2.02. The number of sulfonamides is 1. The molecule has 0 aliphatic carbocycles. The number of rotatable bonds is 5. The summed E-state index contributed by atoms with van der Waals surface area (Å²) >= 11 is 0. The van der Waals surface area contributed by atoms with Crippen molar-refractivity contribution in [2.45, 2.75) is 5.03 Å². The average molecular weight is 237 g/mol. The molecule has 2 N–H and O–H groups in total. The number of hydrogen-bond acceptors (Lipinski definition) is 4. The normalized spacial score (nSPS) is 14.1. The molecule has 1 unspecified atom stereocenters. The van der Waals surface area contributed by atoms with Crippen LogP contribution in [0.1, 0.15) is 0 Å². The molecule has 14 heavy (non-hydrogen) atoms. The van der Waals surface area contributed by atoms with Crippen molar-refractivity contribution in [1.29, 1.82) is 0 Å². The highest BCUT2D eigenvalue weighted by atomic mass is 32.2. The van der Waals surface area contributed by atoms with Crippen LogP contribution in [0.2, 0.25) is 0 Å². The molecule has 1 aromatic heterocycles. The van der Waals surface area contributed by atoms with Gasteiger partial charge in [0.2, 0.25) is 0 Å². The lowest BCUT2D eigenvalue weighted by Crippen LogP contribution is -2.28. The fraction of sp³-hybridized carbons (Fsp3) is 0.500. The van der Waals surface area contributed by atoms with Crippen LogP contribution in [0, 0.1) is 0 Å². The Morgan fingerprint density at radius 3 is 2.86 bits per heavy atom. The van der Waals surface area contributed by atoms with E-state index in [9.17, 15) is 12.6 Å². The largest absolute Gasteiger partial charge is 0.266 e. The number of hydrogen-bond donors (Lipinski definition) is 2. The van der Waals surface area contributed by atoms with E-state index in [2.05, 4.69) is 14.9 Å². The Morgan fingerprint density at radius 2 is 2.36 bits per heavy atom. The number of aromatic nitrogens is 2. The third-order valence-electron chi connectivity index (χ3n) is 1.45. The summed E-state index contributed by atoms with van der Waals surface area (Å²) < 4.78 is 35.8. The smallest absolute Gasteiger partial charge is 0.257 e. The monoisotopic (exact) mass is 237 g/mol. The zero-order valence-electron chi connectivity index (χ0n) is 7.56. The van der Waals surface area contributed by atoms with Gasteiger partial charge in [0.1, 0.15) is 0 Å². The molecule has 0 fully saturated rings. The van der Waals surface area contributed by atoms with Crippen LogP contribution in [-0.2, 0) is 20.8 Å². The highest BCUT2D eigenvalue weighted by molar-refractivity contribution is 7.89. The maximum atomic E-state index is 11.4. The van der Waals surface area contributed by atoms with Crippen molar-refractivity contribution in [2.24, 2.45) is 0 Å². The summed E-state index contributed by atoms with van der Waals surface area (Å²) in [6.45, 7) is 0.157. The molecular formula is C6H11N3O3S2. The topological polar surface area (TPSA) is 91.9 Å². The maximum Gasteiger partial charge on any atom is 0.257 e. The predicted molar refractivity (Wildman–Crippen MR) is 52.7 cm³/mol. The molecular weight excluding hydrogens is 226 g/mol. The minimum atomic E-state index is -3.52. The Bertz CT molecular complexity index is 398. The van der Waals surface area contributed by atoms with E-state index >= 15 is 0 Å². The summed E-state index contributed by atoms with van der Waals surface area (Å²) in [4.78, 5) is 0. The Balaban J connectivity index is 2.56. The molecule has 80 valence electrons. The quantitative estimate of drug-likeness (QED) is 0.692. The van der Waals surface area contributed by atoms with Gasteiger partial charge in [-0.15, -0.1) is 0 Å². The number of H-pyrrole nitrogens is 1. The van der Waals surface area contributed by atoms with Crippen LogP contribution in [0.3, 0.4) is 0 Å². The maximum absolute atomic E-state index is 11.4. The molecule has 0 amide bonds. The predicted octanol–water partition coefficient (Wildman–Crippen LogP) is -0.933. The van der Waals surface area contributed by atoms with E-state index < -0.39 is 20.8 Å². The molecule has 1 rings (SSSR count). The fourth-order valence-corrected chi connectivity index (χ4v) is 2.25. The van der Waals surface area contributed by atoms with Gasteiger partial charge in [-0.3, -0.25) is 9.31 Å². The molecule has 6 nitrogen and oxygen atoms in total. The first-order valence-electron chi connectivity index (χ1n) is 3.81. The molecule has 0 radical (unpaired) electrons. The number of nitrogens with zero attached hydrogens (tertiary/aromatic N) is 1. The zero-order valence-corrected chi connectivity index (χ0v) is 9.19. The van der Waals surface area contributed by atoms with E-state index in [-0.39, 0.29) is 11.6 Å². The van der Waals surface area contributed by atoms with E-state index in [4.69, 9.17) is 0 Å². The van der Waals surface area contributed by atoms with Gasteiger partial charge in [-0.2, -0.15) is 5.10 Å².